The summed E-state index contributed by atoms with van der Waals surface area (Å²) < 4.78 is 2.47. The van der Waals surface area contributed by atoms with Gasteiger partial charge in [-0.2, -0.15) is 0 Å². The second-order valence-corrected chi connectivity index (χ2v) is 5.56. The number of hydrogen-bond donors (Lipinski definition) is 0. The van der Waals surface area contributed by atoms with E-state index in [9.17, 15) is 0 Å². The summed E-state index contributed by atoms with van der Waals surface area (Å²) in [5, 5.41) is 1.35. The summed E-state index contributed by atoms with van der Waals surface area (Å²) in [4.78, 5) is 0. The summed E-state index contributed by atoms with van der Waals surface area (Å²) >= 11 is 0. The number of nitrogens with zero attached hydrogens (tertiary/aromatic N) is 1. The van der Waals surface area contributed by atoms with E-state index < -0.39 is 0 Å². The Balaban J connectivity index is 1.72. The third-order valence-corrected chi connectivity index (χ3v) is 4.38. The van der Waals surface area contributed by atoms with Gasteiger partial charge in [0.15, 0.2) is 0 Å². The Hall–Kier alpha value is -2.02. The van der Waals surface area contributed by atoms with Gasteiger partial charge in [-0.1, -0.05) is 42.5 Å². The molecular weight excluding hydrogens is 230 g/mol. The monoisotopic (exact) mass is 247 g/mol. The maximum absolute atomic E-state index is 2.47. The van der Waals surface area contributed by atoms with Crippen molar-refractivity contribution in [2.24, 2.45) is 0 Å². The normalized spacial score (nSPS) is 17.2. The Morgan fingerprint density at radius 1 is 1.05 bits per heavy atom. The van der Waals surface area contributed by atoms with Crippen molar-refractivity contribution in [1.29, 1.82) is 0 Å². The van der Waals surface area contributed by atoms with Crippen LogP contribution in [0.15, 0.2) is 54.6 Å². The molecule has 1 unspecified atom stereocenters. The molecule has 1 heterocycles. The largest absolute Gasteiger partial charge is 0.344 e. The Labute approximate surface area is 113 Å². The molecule has 0 radical (unpaired) electrons. The molecule has 1 aromatic heterocycles. The van der Waals surface area contributed by atoms with Gasteiger partial charge < -0.3 is 4.57 Å². The molecule has 1 heteroatoms. The molecule has 2 aromatic carbocycles. The van der Waals surface area contributed by atoms with E-state index >= 15 is 0 Å². The molecule has 0 saturated carbocycles. The average molecular weight is 247 g/mol. The van der Waals surface area contributed by atoms with Crippen LogP contribution in [-0.2, 0) is 13.0 Å². The standard InChI is InChI=1S/C18H17N/c1-13-10-15-7-3-5-9-18(15)19(13)12-16-11-14-6-2-4-8-17(14)16/h2-10,16H,11-12H2,1H3. The highest BCUT2D eigenvalue weighted by Gasteiger charge is 2.26. The summed E-state index contributed by atoms with van der Waals surface area (Å²) in [5.74, 6) is 0.686. The van der Waals surface area contributed by atoms with E-state index in [2.05, 4.69) is 66.1 Å². The number of para-hydroxylation sites is 1. The van der Waals surface area contributed by atoms with Crippen LogP contribution in [0.1, 0.15) is 22.7 Å². The third kappa shape index (κ3) is 1.61. The van der Waals surface area contributed by atoms with Crippen molar-refractivity contribution in [2.75, 3.05) is 0 Å². The molecule has 3 aromatic rings. The van der Waals surface area contributed by atoms with Crippen molar-refractivity contribution in [3.63, 3.8) is 0 Å². The molecule has 0 N–H and O–H groups in total. The van der Waals surface area contributed by atoms with Crippen LogP contribution in [0.4, 0.5) is 0 Å². The Morgan fingerprint density at radius 3 is 2.74 bits per heavy atom. The Morgan fingerprint density at radius 2 is 1.84 bits per heavy atom. The van der Waals surface area contributed by atoms with Crippen LogP contribution in [0.2, 0.25) is 0 Å². The lowest BCUT2D eigenvalue weighted by atomic mass is 9.77. The van der Waals surface area contributed by atoms with Gasteiger partial charge in [0.1, 0.15) is 0 Å². The van der Waals surface area contributed by atoms with Crippen molar-refractivity contribution >= 4 is 10.9 Å². The number of aromatic nitrogens is 1. The lowest BCUT2D eigenvalue weighted by molar-refractivity contribution is 0.512. The zero-order chi connectivity index (χ0) is 12.8. The number of hydrogen-bond acceptors (Lipinski definition) is 0. The van der Waals surface area contributed by atoms with E-state index in [-0.39, 0.29) is 0 Å². The minimum absolute atomic E-state index is 0.686. The van der Waals surface area contributed by atoms with Crippen LogP contribution >= 0.6 is 0 Å². The van der Waals surface area contributed by atoms with Crippen molar-refractivity contribution < 1.29 is 0 Å². The molecule has 0 aliphatic heterocycles. The van der Waals surface area contributed by atoms with Crippen LogP contribution in [0, 0.1) is 6.92 Å². The van der Waals surface area contributed by atoms with Gasteiger partial charge in [-0.3, -0.25) is 0 Å². The molecule has 0 fully saturated rings. The average Bonchev–Trinajstić information content (AvgIpc) is 2.72. The van der Waals surface area contributed by atoms with Crippen LogP contribution in [0.25, 0.3) is 10.9 Å². The maximum atomic E-state index is 2.47. The van der Waals surface area contributed by atoms with Gasteiger partial charge in [0.05, 0.1) is 0 Å². The molecule has 19 heavy (non-hydrogen) atoms. The second kappa shape index (κ2) is 3.99. The lowest BCUT2D eigenvalue weighted by Crippen LogP contribution is -2.22. The van der Waals surface area contributed by atoms with Crippen molar-refractivity contribution in [3.05, 3.63) is 71.4 Å². The number of benzene rings is 2. The predicted octanol–water partition coefficient (Wildman–Crippen LogP) is 4.29. The SMILES string of the molecule is Cc1cc2ccccc2n1CC1Cc2ccccc21. The Kier molecular flexibility index (Phi) is 2.28. The zero-order valence-corrected chi connectivity index (χ0v) is 11.1. The van der Waals surface area contributed by atoms with Gasteiger partial charge >= 0.3 is 0 Å². The van der Waals surface area contributed by atoms with Crippen LogP contribution < -0.4 is 0 Å². The van der Waals surface area contributed by atoms with Crippen molar-refractivity contribution in [2.45, 2.75) is 25.8 Å². The summed E-state index contributed by atoms with van der Waals surface area (Å²) in [5.41, 5.74) is 5.80. The smallest absolute Gasteiger partial charge is 0.0482 e. The highest BCUT2D eigenvalue weighted by atomic mass is 15.0. The molecule has 0 spiro atoms. The molecule has 94 valence electrons. The topological polar surface area (TPSA) is 4.93 Å². The molecule has 1 atom stereocenters. The minimum atomic E-state index is 0.686. The summed E-state index contributed by atoms with van der Waals surface area (Å²) in [6, 6.07) is 19.8. The minimum Gasteiger partial charge on any atom is -0.344 e. The van der Waals surface area contributed by atoms with Gasteiger partial charge in [0.25, 0.3) is 0 Å². The van der Waals surface area contributed by atoms with E-state index in [0.29, 0.717) is 5.92 Å². The maximum Gasteiger partial charge on any atom is 0.0482 e. The van der Waals surface area contributed by atoms with Crippen molar-refractivity contribution in [1.82, 2.24) is 4.57 Å². The molecule has 4 rings (SSSR count). The number of rotatable bonds is 2. The molecule has 0 amide bonds. The first-order valence-electron chi connectivity index (χ1n) is 6.95. The fourth-order valence-corrected chi connectivity index (χ4v) is 3.34. The highest BCUT2D eigenvalue weighted by Crippen LogP contribution is 2.37. The molecule has 0 saturated heterocycles. The predicted molar refractivity (Wildman–Crippen MR) is 79.6 cm³/mol. The fraction of sp³-hybridized carbons (Fsp3) is 0.222. The Bertz CT molecular complexity index is 751. The number of aryl methyl sites for hydroxylation is 1. The van der Waals surface area contributed by atoms with E-state index in [1.165, 1.54) is 28.6 Å². The molecular formula is C18H17N. The van der Waals surface area contributed by atoms with Crippen LogP contribution in [0.3, 0.4) is 0 Å². The highest BCUT2D eigenvalue weighted by molar-refractivity contribution is 5.81. The third-order valence-electron chi connectivity index (χ3n) is 4.38. The van der Waals surface area contributed by atoms with Crippen molar-refractivity contribution in [3.8, 4) is 0 Å². The first-order chi connectivity index (χ1) is 9.33. The van der Waals surface area contributed by atoms with Gasteiger partial charge in [-0.15, -0.1) is 0 Å². The summed E-state index contributed by atoms with van der Waals surface area (Å²) in [6.07, 6.45) is 1.22. The fourth-order valence-electron chi connectivity index (χ4n) is 3.34. The second-order valence-electron chi connectivity index (χ2n) is 5.56. The number of fused-ring (bicyclic) bond motifs is 2. The first-order valence-corrected chi connectivity index (χ1v) is 6.95. The quantitative estimate of drug-likeness (QED) is 0.636. The molecule has 1 aliphatic rings. The lowest BCUT2D eigenvalue weighted by Gasteiger charge is -2.31. The van der Waals surface area contributed by atoms with E-state index in [1.54, 1.807) is 5.56 Å². The van der Waals surface area contributed by atoms with E-state index in [4.69, 9.17) is 0 Å². The molecule has 1 aliphatic carbocycles. The molecule has 0 bridgehead atoms. The van der Waals surface area contributed by atoms with E-state index in [1.807, 2.05) is 0 Å². The zero-order valence-electron chi connectivity index (χ0n) is 11.1. The van der Waals surface area contributed by atoms with Crippen LogP contribution in [0.5, 0.6) is 0 Å². The van der Waals surface area contributed by atoms with Gasteiger partial charge in [-0.05, 0) is 42.0 Å². The first kappa shape index (κ1) is 10.9. The van der Waals surface area contributed by atoms with Gasteiger partial charge in [0, 0.05) is 23.7 Å². The van der Waals surface area contributed by atoms with Gasteiger partial charge in [-0.25, -0.2) is 0 Å². The van der Waals surface area contributed by atoms with E-state index in [0.717, 1.165) is 6.54 Å². The summed E-state index contributed by atoms with van der Waals surface area (Å²) in [6.45, 7) is 3.32. The van der Waals surface area contributed by atoms with Crippen LogP contribution in [-0.4, -0.2) is 4.57 Å². The van der Waals surface area contributed by atoms with Gasteiger partial charge in [0.2, 0.25) is 0 Å². The molecule has 1 nitrogen and oxygen atoms in total. The summed E-state index contributed by atoms with van der Waals surface area (Å²) in [7, 11) is 0.